The van der Waals surface area contributed by atoms with E-state index in [4.69, 9.17) is 14.2 Å². The maximum atomic E-state index is 11.9. The summed E-state index contributed by atoms with van der Waals surface area (Å²) in [6, 6.07) is 5.72. The van der Waals surface area contributed by atoms with Gasteiger partial charge >= 0.3 is 5.97 Å². The zero-order valence-electron chi connectivity index (χ0n) is 12.9. The summed E-state index contributed by atoms with van der Waals surface area (Å²) in [7, 11) is 3.22. The van der Waals surface area contributed by atoms with E-state index >= 15 is 0 Å². The standard InChI is InChI=1S/C17H24O4/c1-19-15-10-8-13(12-16(15)20-2)9-11-17(18)21-14-6-4-3-5-7-14/h8,10,12,14H,3-7,9,11H2,1-2H3. The van der Waals surface area contributed by atoms with E-state index in [9.17, 15) is 4.79 Å². The van der Waals surface area contributed by atoms with Crippen LogP contribution in [0.3, 0.4) is 0 Å². The highest BCUT2D eigenvalue weighted by Crippen LogP contribution is 2.28. The van der Waals surface area contributed by atoms with Crippen molar-refractivity contribution in [3.63, 3.8) is 0 Å². The molecule has 0 amide bonds. The molecule has 0 saturated heterocycles. The minimum Gasteiger partial charge on any atom is -0.493 e. The van der Waals surface area contributed by atoms with Crippen molar-refractivity contribution in [3.05, 3.63) is 23.8 Å². The van der Waals surface area contributed by atoms with Gasteiger partial charge in [-0.25, -0.2) is 0 Å². The second kappa shape index (κ2) is 7.91. The lowest BCUT2D eigenvalue weighted by Gasteiger charge is -2.21. The van der Waals surface area contributed by atoms with Crippen molar-refractivity contribution in [1.82, 2.24) is 0 Å². The van der Waals surface area contributed by atoms with Crippen molar-refractivity contribution in [1.29, 1.82) is 0 Å². The van der Waals surface area contributed by atoms with Crippen LogP contribution in [0.4, 0.5) is 0 Å². The Bertz CT molecular complexity index is 464. The number of ether oxygens (including phenoxy) is 3. The van der Waals surface area contributed by atoms with Gasteiger partial charge in [0.05, 0.1) is 14.2 Å². The van der Waals surface area contributed by atoms with Crippen molar-refractivity contribution < 1.29 is 19.0 Å². The SMILES string of the molecule is COc1ccc(CCC(=O)OC2CCCCC2)cc1OC. The van der Waals surface area contributed by atoms with Crippen LogP contribution in [0.2, 0.25) is 0 Å². The number of methoxy groups -OCH3 is 2. The van der Waals surface area contributed by atoms with Crippen LogP contribution in [-0.2, 0) is 16.0 Å². The van der Waals surface area contributed by atoms with E-state index in [1.54, 1.807) is 14.2 Å². The number of carbonyl (C=O) groups excluding carboxylic acids is 1. The Hall–Kier alpha value is -1.71. The summed E-state index contributed by atoms with van der Waals surface area (Å²) >= 11 is 0. The number of hydrogen-bond acceptors (Lipinski definition) is 4. The van der Waals surface area contributed by atoms with Gasteiger partial charge in [0, 0.05) is 6.42 Å². The molecule has 1 aromatic rings. The number of benzene rings is 1. The summed E-state index contributed by atoms with van der Waals surface area (Å²) in [5.74, 6) is 1.29. The largest absolute Gasteiger partial charge is 0.493 e. The van der Waals surface area contributed by atoms with Crippen LogP contribution < -0.4 is 9.47 Å². The zero-order chi connectivity index (χ0) is 15.1. The lowest BCUT2D eigenvalue weighted by atomic mass is 9.98. The van der Waals surface area contributed by atoms with Crippen LogP contribution in [0, 0.1) is 0 Å². The number of esters is 1. The first-order chi connectivity index (χ1) is 10.2. The summed E-state index contributed by atoms with van der Waals surface area (Å²) in [6.45, 7) is 0. The van der Waals surface area contributed by atoms with Crippen molar-refractivity contribution in [2.75, 3.05) is 14.2 Å². The van der Waals surface area contributed by atoms with Gasteiger partial charge in [0.15, 0.2) is 11.5 Å². The van der Waals surface area contributed by atoms with Crippen LogP contribution >= 0.6 is 0 Å². The molecule has 1 saturated carbocycles. The zero-order valence-corrected chi connectivity index (χ0v) is 12.9. The molecule has 21 heavy (non-hydrogen) atoms. The Kier molecular flexibility index (Phi) is 5.90. The fraction of sp³-hybridized carbons (Fsp3) is 0.588. The van der Waals surface area contributed by atoms with E-state index in [1.807, 2.05) is 18.2 Å². The average Bonchev–Trinajstić information content (AvgIpc) is 2.53. The molecule has 0 atom stereocenters. The summed E-state index contributed by atoms with van der Waals surface area (Å²) in [4.78, 5) is 11.9. The summed E-state index contributed by atoms with van der Waals surface area (Å²) in [5.41, 5.74) is 1.05. The smallest absolute Gasteiger partial charge is 0.306 e. The Morgan fingerprint density at radius 3 is 2.48 bits per heavy atom. The average molecular weight is 292 g/mol. The molecule has 116 valence electrons. The Morgan fingerprint density at radius 2 is 1.81 bits per heavy atom. The lowest BCUT2D eigenvalue weighted by Crippen LogP contribution is -2.21. The molecule has 0 unspecified atom stereocenters. The molecule has 2 rings (SSSR count). The number of rotatable bonds is 6. The highest BCUT2D eigenvalue weighted by atomic mass is 16.5. The van der Waals surface area contributed by atoms with E-state index in [1.165, 1.54) is 19.3 Å². The van der Waals surface area contributed by atoms with Crippen LogP contribution in [0.1, 0.15) is 44.1 Å². The minimum atomic E-state index is -0.100. The fourth-order valence-corrected chi connectivity index (χ4v) is 2.71. The maximum absolute atomic E-state index is 11.9. The van der Waals surface area contributed by atoms with Crippen LogP contribution in [0.15, 0.2) is 18.2 Å². The molecule has 4 nitrogen and oxygen atoms in total. The van der Waals surface area contributed by atoms with E-state index in [-0.39, 0.29) is 12.1 Å². The molecule has 1 aliphatic carbocycles. The van der Waals surface area contributed by atoms with Gasteiger partial charge in [-0.05, 0) is 49.8 Å². The Morgan fingerprint density at radius 1 is 1.10 bits per heavy atom. The molecule has 0 bridgehead atoms. The third kappa shape index (κ3) is 4.66. The second-order valence-electron chi connectivity index (χ2n) is 5.44. The van der Waals surface area contributed by atoms with Crippen molar-refractivity contribution in [2.24, 2.45) is 0 Å². The van der Waals surface area contributed by atoms with Gasteiger partial charge in [0.2, 0.25) is 0 Å². The predicted molar refractivity (Wildman–Crippen MR) is 80.8 cm³/mol. The molecule has 0 heterocycles. The quantitative estimate of drug-likeness (QED) is 0.753. The second-order valence-corrected chi connectivity index (χ2v) is 5.44. The van der Waals surface area contributed by atoms with Gasteiger partial charge in [0.1, 0.15) is 6.10 Å². The summed E-state index contributed by atoms with van der Waals surface area (Å²) < 4.78 is 16.0. The molecule has 0 aromatic heterocycles. The molecule has 1 fully saturated rings. The molecular weight excluding hydrogens is 268 g/mol. The highest BCUT2D eigenvalue weighted by Gasteiger charge is 2.17. The van der Waals surface area contributed by atoms with Gasteiger partial charge in [-0.15, -0.1) is 0 Å². The minimum absolute atomic E-state index is 0.100. The number of aryl methyl sites for hydroxylation is 1. The molecular formula is C17H24O4. The van der Waals surface area contributed by atoms with Crippen molar-refractivity contribution >= 4 is 5.97 Å². The van der Waals surface area contributed by atoms with Gasteiger partial charge < -0.3 is 14.2 Å². The number of carbonyl (C=O) groups is 1. The Balaban J connectivity index is 1.83. The molecule has 1 aliphatic rings. The monoisotopic (exact) mass is 292 g/mol. The van der Waals surface area contributed by atoms with Crippen LogP contribution in [0.5, 0.6) is 11.5 Å². The first kappa shape index (κ1) is 15.7. The third-order valence-electron chi connectivity index (χ3n) is 3.92. The summed E-state index contributed by atoms with van der Waals surface area (Å²) in [5, 5.41) is 0. The maximum Gasteiger partial charge on any atom is 0.306 e. The molecule has 0 radical (unpaired) electrons. The van der Waals surface area contributed by atoms with Gasteiger partial charge in [0.25, 0.3) is 0 Å². The normalized spacial score (nSPS) is 15.5. The van der Waals surface area contributed by atoms with Crippen LogP contribution in [0.25, 0.3) is 0 Å². The topological polar surface area (TPSA) is 44.8 Å². The molecule has 0 N–H and O–H groups in total. The van der Waals surface area contributed by atoms with Gasteiger partial charge in [-0.2, -0.15) is 0 Å². The van der Waals surface area contributed by atoms with E-state index in [0.29, 0.717) is 24.3 Å². The van der Waals surface area contributed by atoms with Crippen molar-refractivity contribution in [2.45, 2.75) is 51.0 Å². The molecule has 0 spiro atoms. The third-order valence-corrected chi connectivity index (χ3v) is 3.92. The molecule has 4 heteroatoms. The van der Waals surface area contributed by atoms with Crippen molar-refractivity contribution in [3.8, 4) is 11.5 Å². The highest BCUT2D eigenvalue weighted by molar-refractivity contribution is 5.70. The van der Waals surface area contributed by atoms with Gasteiger partial charge in [-0.1, -0.05) is 12.5 Å². The predicted octanol–water partition coefficient (Wildman–Crippen LogP) is 3.51. The lowest BCUT2D eigenvalue weighted by molar-refractivity contribution is -0.150. The summed E-state index contributed by atoms with van der Waals surface area (Å²) in [6.07, 6.45) is 6.85. The number of hydrogen-bond donors (Lipinski definition) is 0. The van der Waals surface area contributed by atoms with E-state index in [2.05, 4.69) is 0 Å². The molecule has 1 aromatic carbocycles. The fourth-order valence-electron chi connectivity index (χ4n) is 2.71. The van der Waals surface area contributed by atoms with E-state index in [0.717, 1.165) is 18.4 Å². The first-order valence-corrected chi connectivity index (χ1v) is 7.63. The molecule has 0 aliphatic heterocycles. The van der Waals surface area contributed by atoms with Gasteiger partial charge in [-0.3, -0.25) is 4.79 Å². The van der Waals surface area contributed by atoms with E-state index < -0.39 is 0 Å². The first-order valence-electron chi connectivity index (χ1n) is 7.63. The Labute approximate surface area is 126 Å². The van der Waals surface area contributed by atoms with Crippen LogP contribution in [-0.4, -0.2) is 26.3 Å².